The number of carbonyl (C=O) groups is 1. The van der Waals surface area contributed by atoms with E-state index in [2.05, 4.69) is 4.98 Å². The molecule has 1 saturated heterocycles. The molecule has 0 saturated carbocycles. The first-order valence-corrected chi connectivity index (χ1v) is 6.94. The number of aromatic hydroxyl groups is 1. The molecule has 22 heavy (non-hydrogen) atoms. The Balaban J connectivity index is 2.47. The average molecular weight is 318 g/mol. The van der Waals surface area contributed by atoms with Crippen LogP contribution in [0.5, 0.6) is 5.75 Å². The molecule has 2 heterocycles. The van der Waals surface area contributed by atoms with E-state index in [0.717, 1.165) is 6.20 Å². The minimum Gasteiger partial charge on any atom is -0.505 e. The molecule has 0 spiro atoms. The van der Waals surface area contributed by atoms with Gasteiger partial charge in [0.1, 0.15) is 5.75 Å². The van der Waals surface area contributed by atoms with Crippen molar-refractivity contribution in [1.29, 1.82) is 0 Å². The van der Waals surface area contributed by atoms with Gasteiger partial charge in [0.15, 0.2) is 5.69 Å². The second kappa shape index (κ2) is 5.33. The van der Waals surface area contributed by atoms with Gasteiger partial charge in [-0.2, -0.15) is 13.2 Å². The van der Waals surface area contributed by atoms with E-state index >= 15 is 0 Å². The number of likely N-dealkylation sites (tertiary alicyclic amines) is 1. The monoisotopic (exact) mass is 318 g/mol. The molecule has 0 bridgehead atoms. The van der Waals surface area contributed by atoms with E-state index in [1.54, 1.807) is 13.8 Å². The fourth-order valence-corrected chi connectivity index (χ4v) is 3.35. The number of amides is 1. The summed E-state index contributed by atoms with van der Waals surface area (Å²) in [5.41, 5.74) is -2.03. The molecule has 2 N–H and O–H groups in total. The second-order valence-corrected chi connectivity index (χ2v) is 5.35. The van der Waals surface area contributed by atoms with Crippen LogP contribution in [0.3, 0.4) is 0 Å². The highest BCUT2D eigenvalue weighted by atomic mass is 19.4. The van der Waals surface area contributed by atoms with Crippen molar-refractivity contribution in [2.45, 2.75) is 44.3 Å². The standard InChI is InChI=1S/C14H17F3N2O3/c1-3-13(4-2)9(7-19(13)12(21)22)8-5-6-18-11(10(8)20)14(15,16)17/h5-6,9,20H,3-4,7H2,1-2H3,(H,21,22). The van der Waals surface area contributed by atoms with Gasteiger partial charge in [0.05, 0.1) is 5.54 Å². The number of alkyl halides is 3. The highest BCUT2D eigenvalue weighted by Crippen LogP contribution is 2.51. The molecule has 0 aromatic carbocycles. The fraction of sp³-hybridized carbons (Fsp3) is 0.571. The molecule has 5 nitrogen and oxygen atoms in total. The van der Waals surface area contributed by atoms with Crippen molar-refractivity contribution in [3.05, 3.63) is 23.5 Å². The zero-order chi connectivity index (χ0) is 16.7. The normalized spacial score (nSPS) is 20.6. The van der Waals surface area contributed by atoms with Crippen LogP contribution in [0, 0.1) is 0 Å². The minimum absolute atomic E-state index is 0.0614. The summed E-state index contributed by atoms with van der Waals surface area (Å²) in [7, 11) is 0. The molecule has 1 aliphatic rings. The number of rotatable bonds is 3. The number of hydrogen-bond donors (Lipinski definition) is 2. The molecule has 8 heteroatoms. The van der Waals surface area contributed by atoms with E-state index in [9.17, 15) is 28.2 Å². The first kappa shape index (κ1) is 16.4. The number of pyridine rings is 1. The number of aromatic nitrogens is 1. The lowest BCUT2D eigenvalue weighted by Crippen LogP contribution is -2.66. The molecular formula is C14H17F3N2O3. The summed E-state index contributed by atoms with van der Waals surface area (Å²) in [5, 5.41) is 19.2. The van der Waals surface area contributed by atoms with Gasteiger partial charge in [0, 0.05) is 24.2 Å². The van der Waals surface area contributed by atoms with Gasteiger partial charge < -0.3 is 15.1 Å². The number of carboxylic acid groups (broad SMARTS) is 1. The quantitative estimate of drug-likeness (QED) is 0.895. The number of nitrogens with zero attached hydrogens (tertiary/aromatic N) is 2. The van der Waals surface area contributed by atoms with Crippen molar-refractivity contribution in [1.82, 2.24) is 9.88 Å². The topological polar surface area (TPSA) is 73.7 Å². The first-order valence-electron chi connectivity index (χ1n) is 6.94. The van der Waals surface area contributed by atoms with E-state index < -0.39 is 35.2 Å². The fourth-order valence-electron chi connectivity index (χ4n) is 3.35. The van der Waals surface area contributed by atoms with Gasteiger partial charge >= 0.3 is 12.3 Å². The van der Waals surface area contributed by atoms with E-state index in [1.165, 1.54) is 11.0 Å². The van der Waals surface area contributed by atoms with E-state index in [0.29, 0.717) is 12.8 Å². The van der Waals surface area contributed by atoms with Gasteiger partial charge in [-0.15, -0.1) is 0 Å². The highest BCUT2D eigenvalue weighted by molar-refractivity contribution is 5.69. The summed E-state index contributed by atoms with van der Waals surface area (Å²) in [6, 6.07) is 1.33. The predicted molar refractivity (Wildman–Crippen MR) is 71.7 cm³/mol. The van der Waals surface area contributed by atoms with Crippen LogP contribution in [-0.4, -0.2) is 38.3 Å². The number of halogens is 3. The first-order chi connectivity index (χ1) is 10.2. The Morgan fingerprint density at radius 3 is 2.50 bits per heavy atom. The van der Waals surface area contributed by atoms with Crippen molar-refractivity contribution in [2.24, 2.45) is 0 Å². The highest BCUT2D eigenvalue weighted by Gasteiger charge is 2.55. The molecule has 2 rings (SSSR count). The summed E-state index contributed by atoms with van der Waals surface area (Å²) in [4.78, 5) is 15.7. The molecular weight excluding hydrogens is 301 g/mol. The van der Waals surface area contributed by atoms with Crippen molar-refractivity contribution in [3.63, 3.8) is 0 Å². The molecule has 1 unspecified atom stereocenters. The van der Waals surface area contributed by atoms with Crippen LogP contribution in [0.15, 0.2) is 12.3 Å². The third-order valence-corrected chi connectivity index (χ3v) is 4.61. The maximum absolute atomic E-state index is 12.8. The summed E-state index contributed by atoms with van der Waals surface area (Å²) < 4.78 is 38.5. The Morgan fingerprint density at radius 1 is 1.45 bits per heavy atom. The lowest BCUT2D eigenvalue weighted by atomic mass is 9.67. The lowest BCUT2D eigenvalue weighted by Gasteiger charge is -2.57. The summed E-state index contributed by atoms with van der Waals surface area (Å²) in [6.07, 6.45) is -3.97. The van der Waals surface area contributed by atoms with Gasteiger partial charge in [0.2, 0.25) is 0 Å². The molecule has 1 amide bonds. The van der Waals surface area contributed by atoms with E-state index in [-0.39, 0.29) is 12.1 Å². The van der Waals surface area contributed by atoms with Gasteiger partial charge in [-0.1, -0.05) is 13.8 Å². The van der Waals surface area contributed by atoms with Crippen LogP contribution < -0.4 is 0 Å². The smallest absolute Gasteiger partial charge is 0.437 e. The molecule has 1 fully saturated rings. The number of hydrogen-bond acceptors (Lipinski definition) is 3. The van der Waals surface area contributed by atoms with Gasteiger partial charge in [-0.05, 0) is 18.9 Å². The van der Waals surface area contributed by atoms with Gasteiger partial charge in [0.25, 0.3) is 0 Å². The van der Waals surface area contributed by atoms with Crippen molar-refractivity contribution < 1.29 is 28.2 Å². The van der Waals surface area contributed by atoms with E-state index in [4.69, 9.17) is 0 Å². The van der Waals surface area contributed by atoms with Crippen molar-refractivity contribution >= 4 is 6.09 Å². The molecule has 0 radical (unpaired) electrons. The Kier molecular flexibility index (Phi) is 3.97. The van der Waals surface area contributed by atoms with Crippen LogP contribution >= 0.6 is 0 Å². The van der Waals surface area contributed by atoms with Crippen LogP contribution in [0.25, 0.3) is 0 Å². The molecule has 1 aromatic heterocycles. The molecule has 1 atom stereocenters. The average Bonchev–Trinajstić information content (AvgIpc) is 2.39. The van der Waals surface area contributed by atoms with Crippen LogP contribution in [0.4, 0.5) is 18.0 Å². The summed E-state index contributed by atoms with van der Waals surface area (Å²) in [5.74, 6) is -1.39. The lowest BCUT2D eigenvalue weighted by molar-refractivity contribution is -0.142. The van der Waals surface area contributed by atoms with Gasteiger partial charge in [-0.3, -0.25) is 0 Å². The third-order valence-electron chi connectivity index (χ3n) is 4.61. The molecule has 1 aliphatic heterocycles. The van der Waals surface area contributed by atoms with Crippen molar-refractivity contribution in [2.75, 3.05) is 6.54 Å². The molecule has 122 valence electrons. The van der Waals surface area contributed by atoms with E-state index in [1.807, 2.05) is 0 Å². The summed E-state index contributed by atoms with van der Waals surface area (Å²) in [6.45, 7) is 3.63. The zero-order valence-electron chi connectivity index (χ0n) is 12.2. The van der Waals surface area contributed by atoms with Gasteiger partial charge in [-0.25, -0.2) is 9.78 Å². The maximum atomic E-state index is 12.8. The maximum Gasteiger partial charge on any atom is 0.437 e. The Labute approximate surface area is 125 Å². The Bertz CT molecular complexity index is 585. The van der Waals surface area contributed by atoms with Crippen LogP contribution in [0.1, 0.15) is 43.9 Å². The second-order valence-electron chi connectivity index (χ2n) is 5.35. The Hall–Kier alpha value is -1.99. The SMILES string of the molecule is CCC1(CC)C(c2ccnc(C(F)(F)F)c2O)CN1C(=O)O. The third kappa shape index (κ3) is 2.26. The van der Waals surface area contributed by atoms with Crippen molar-refractivity contribution in [3.8, 4) is 5.75 Å². The molecule has 0 aliphatic carbocycles. The minimum atomic E-state index is -4.75. The van der Waals surface area contributed by atoms with Crippen LogP contribution in [-0.2, 0) is 6.18 Å². The largest absolute Gasteiger partial charge is 0.505 e. The molecule has 1 aromatic rings. The summed E-state index contributed by atoms with van der Waals surface area (Å²) >= 11 is 0. The predicted octanol–water partition coefficient (Wildman–Crippen LogP) is 3.44. The van der Waals surface area contributed by atoms with Crippen LogP contribution in [0.2, 0.25) is 0 Å². The zero-order valence-corrected chi connectivity index (χ0v) is 12.2. The Morgan fingerprint density at radius 2 is 2.05 bits per heavy atom.